The lowest BCUT2D eigenvalue weighted by Gasteiger charge is -2.18. The van der Waals surface area contributed by atoms with E-state index in [1.165, 1.54) is 5.56 Å². The fourth-order valence-corrected chi connectivity index (χ4v) is 2.53. The number of nitrogens with zero attached hydrogens (tertiary/aromatic N) is 1. The molecule has 1 aliphatic rings. The van der Waals surface area contributed by atoms with Crippen molar-refractivity contribution in [2.45, 2.75) is 31.7 Å². The Hall–Kier alpha value is -1.74. The Balaban J connectivity index is 1.91. The molecule has 3 rings (SSSR count). The number of ether oxygens (including phenoxy) is 2. The number of halogens is 1. The zero-order chi connectivity index (χ0) is 14.2. The van der Waals surface area contributed by atoms with Crippen LogP contribution in [0.25, 0.3) is 0 Å². The number of alkyl halides is 1. The minimum absolute atomic E-state index is 0.179. The van der Waals surface area contributed by atoms with E-state index in [0.717, 1.165) is 29.4 Å². The van der Waals surface area contributed by atoms with Crippen molar-refractivity contribution in [2.75, 3.05) is 0 Å². The predicted molar refractivity (Wildman–Crippen MR) is 78.7 cm³/mol. The highest BCUT2D eigenvalue weighted by atomic mass is 35.5. The lowest BCUT2D eigenvalue weighted by atomic mass is 10.0. The molecule has 0 aliphatic carbocycles. The summed E-state index contributed by atoms with van der Waals surface area (Å²) in [7, 11) is 0. The molecule has 1 aromatic carbocycles. The van der Waals surface area contributed by atoms with Gasteiger partial charge in [0.15, 0.2) is 11.5 Å². The Morgan fingerprint density at radius 1 is 1.35 bits per heavy atom. The summed E-state index contributed by atoms with van der Waals surface area (Å²) in [5.74, 6) is 2.66. The van der Waals surface area contributed by atoms with Crippen LogP contribution in [-0.4, -0.2) is 10.6 Å². The molecular formula is C16H16ClNO2. The summed E-state index contributed by atoms with van der Waals surface area (Å²) < 4.78 is 11.9. The fraction of sp³-hybridized carbons (Fsp3) is 0.312. The molecule has 0 bridgehead atoms. The SMILES string of the molecule is CC1(C)Cc2cccc(Oc3ccnc(CCl)c3)c2O1. The molecule has 0 unspecified atom stereocenters. The van der Waals surface area contributed by atoms with Crippen molar-refractivity contribution < 1.29 is 9.47 Å². The van der Waals surface area contributed by atoms with Gasteiger partial charge in [-0.25, -0.2) is 0 Å². The van der Waals surface area contributed by atoms with Gasteiger partial charge in [0.25, 0.3) is 0 Å². The maximum atomic E-state index is 5.99. The van der Waals surface area contributed by atoms with E-state index in [1.807, 2.05) is 24.3 Å². The highest BCUT2D eigenvalue weighted by Crippen LogP contribution is 2.43. The van der Waals surface area contributed by atoms with Crippen LogP contribution in [0.3, 0.4) is 0 Å². The van der Waals surface area contributed by atoms with Crippen LogP contribution in [0.5, 0.6) is 17.2 Å². The quantitative estimate of drug-likeness (QED) is 0.788. The van der Waals surface area contributed by atoms with Gasteiger partial charge >= 0.3 is 0 Å². The Morgan fingerprint density at radius 3 is 3.00 bits per heavy atom. The van der Waals surface area contributed by atoms with Crippen molar-refractivity contribution in [3.63, 3.8) is 0 Å². The van der Waals surface area contributed by atoms with Gasteiger partial charge in [-0.05, 0) is 26.0 Å². The Labute approximate surface area is 123 Å². The van der Waals surface area contributed by atoms with Gasteiger partial charge in [0.05, 0.1) is 11.6 Å². The van der Waals surface area contributed by atoms with E-state index in [1.54, 1.807) is 6.20 Å². The van der Waals surface area contributed by atoms with Crippen LogP contribution in [0.1, 0.15) is 25.1 Å². The normalized spacial score (nSPS) is 15.6. The third kappa shape index (κ3) is 2.59. The molecule has 3 nitrogen and oxygen atoms in total. The first kappa shape index (κ1) is 13.3. The average molecular weight is 290 g/mol. The van der Waals surface area contributed by atoms with Crippen LogP contribution in [0.15, 0.2) is 36.5 Å². The van der Waals surface area contributed by atoms with Crippen molar-refractivity contribution >= 4 is 11.6 Å². The monoisotopic (exact) mass is 289 g/mol. The van der Waals surface area contributed by atoms with Crippen molar-refractivity contribution in [3.8, 4) is 17.2 Å². The summed E-state index contributed by atoms with van der Waals surface area (Å²) in [4.78, 5) is 4.15. The lowest BCUT2D eigenvalue weighted by Crippen LogP contribution is -2.24. The summed E-state index contributed by atoms with van der Waals surface area (Å²) in [5.41, 5.74) is 1.79. The van der Waals surface area contributed by atoms with Gasteiger partial charge < -0.3 is 9.47 Å². The van der Waals surface area contributed by atoms with E-state index in [9.17, 15) is 0 Å². The van der Waals surface area contributed by atoms with E-state index in [2.05, 4.69) is 24.9 Å². The fourth-order valence-electron chi connectivity index (χ4n) is 2.39. The first-order chi connectivity index (χ1) is 9.57. The number of fused-ring (bicyclic) bond motifs is 1. The summed E-state index contributed by atoms with van der Waals surface area (Å²) in [6, 6.07) is 9.64. The maximum absolute atomic E-state index is 5.99. The van der Waals surface area contributed by atoms with Crippen LogP contribution >= 0.6 is 11.6 Å². The van der Waals surface area contributed by atoms with Gasteiger partial charge in [0.2, 0.25) is 0 Å². The molecule has 0 spiro atoms. The average Bonchev–Trinajstić information content (AvgIpc) is 2.74. The van der Waals surface area contributed by atoms with Gasteiger partial charge in [-0.3, -0.25) is 4.98 Å². The molecular weight excluding hydrogens is 274 g/mol. The van der Waals surface area contributed by atoms with E-state index >= 15 is 0 Å². The minimum atomic E-state index is -0.179. The number of aromatic nitrogens is 1. The lowest BCUT2D eigenvalue weighted by molar-refractivity contribution is 0.135. The molecule has 0 radical (unpaired) electrons. The van der Waals surface area contributed by atoms with Gasteiger partial charge in [0.1, 0.15) is 11.4 Å². The predicted octanol–water partition coefficient (Wildman–Crippen LogP) is 4.33. The zero-order valence-corrected chi connectivity index (χ0v) is 12.3. The highest BCUT2D eigenvalue weighted by Gasteiger charge is 2.32. The van der Waals surface area contributed by atoms with Gasteiger partial charge in [-0.2, -0.15) is 0 Å². The van der Waals surface area contributed by atoms with Crippen LogP contribution in [0.2, 0.25) is 0 Å². The number of hydrogen-bond donors (Lipinski definition) is 0. The summed E-state index contributed by atoms with van der Waals surface area (Å²) in [6.07, 6.45) is 2.59. The Kier molecular flexibility index (Phi) is 3.30. The number of rotatable bonds is 3. The van der Waals surface area contributed by atoms with E-state index in [4.69, 9.17) is 21.1 Å². The number of pyridine rings is 1. The van der Waals surface area contributed by atoms with Crippen LogP contribution in [0, 0.1) is 0 Å². The molecule has 20 heavy (non-hydrogen) atoms. The van der Waals surface area contributed by atoms with E-state index in [-0.39, 0.29) is 5.60 Å². The number of para-hydroxylation sites is 1. The molecule has 0 amide bonds. The van der Waals surface area contributed by atoms with E-state index < -0.39 is 0 Å². The van der Waals surface area contributed by atoms with Crippen LogP contribution < -0.4 is 9.47 Å². The van der Waals surface area contributed by atoms with Crippen molar-refractivity contribution in [1.29, 1.82) is 0 Å². The summed E-state index contributed by atoms with van der Waals surface area (Å²) >= 11 is 5.79. The molecule has 2 aromatic rings. The second kappa shape index (κ2) is 4.98. The molecule has 0 atom stereocenters. The number of benzene rings is 1. The molecule has 2 heterocycles. The minimum Gasteiger partial charge on any atom is -0.483 e. The van der Waals surface area contributed by atoms with Gasteiger partial charge in [-0.15, -0.1) is 11.6 Å². The maximum Gasteiger partial charge on any atom is 0.169 e. The molecule has 0 saturated carbocycles. The van der Waals surface area contributed by atoms with Crippen molar-refractivity contribution in [1.82, 2.24) is 4.98 Å². The Morgan fingerprint density at radius 2 is 2.20 bits per heavy atom. The largest absolute Gasteiger partial charge is 0.483 e. The summed E-state index contributed by atoms with van der Waals surface area (Å²) in [5, 5.41) is 0. The first-order valence-electron chi connectivity index (χ1n) is 6.57. The zero-order valence-electron chi connectivity index (χ0n) is 11.5. The van der Waals surface area contributed by atoms with Gasteiger partial charge in [-0.1, -0.05) is 12.1 Å². The molecule has 1 aromatic heterocycles. The molecule has 104 valence electrons. The molecule has 4 heteroatoms. The Bertz CT molecular complexity index is 640. The third-order valence-electron chi connectivity index (χ3n) is 3.21. The molecule has 0 N–H and O–H groups in total. The van der Waals surface area contributed by atoms with Crippen molar-refractivity contribution in [2.24, 2.45) is 0 Å². The van der Waals surface area contributed by atoms with Crippen LogP contribution in [-0.2, 0) is 12.3 Å². The second-order valence-corrected chi connectivity index (χ2v) is 5.77. The highest BCUT2D eigenvalue weighted by molar-refractivity contribution is 6.16. The number of hydrogen-bond acceptors (Lipinski definition) is 3. The van der Waals surface area contributed by atoms with Crippen molar-refractivity contribution in [3.05, 3.63) is 47.8 Å². The molecule has 0 saturated heterocycles. The molecule has 1 aliphatic heterocycles. The second-order valence-electron chi connectivity index (χ2n) is 5.50. The molecule has 0 fully saturated rings. The standard InChI is InChI=1S/C16H16ClNO2/c1-16(2)9-11-4-3-5-14(15(11)20-16)19-13-6-7-18-12(8-13)10-17/h3-8H,9-10H2,1-2H3. The first-order valence-corrected chi connectivity index (χ1v) is 7.10. The van der Waals surface area contributed by atoms with Gasteiger partial charge in [0, 0.05) is 24.2 Å². The summed E-state index contributed by atoms with van der Waals surface area (Å²) in [6.45, 7) is 4.16. The van der Waals surface area contributed by atoms with Crippen LogP contribution in [0.4, 0.5) is 0 Å². The topological polar surface area (TPSA) is 31.4 Å². The smallest absolute Gasteiger partial charge is 0.169 e. The third-order valence-corrected chi connectivity index (χ3v) is 3.48. The van der Waals surface area contributed by atoms with E-state index in [0.29, 0.717) is 5.88 Å².